The summed E-state index contributed by atoms with van der Waals surface area (Å²) in [6.07, 6.45) is 21.7. The van der Waals surface area contributed by atoms with Crippen LogP contribution in [-0.2, 0) is 0 Å². The molecule has 3 aliphatic rings. The summed E-state index contributed by atoms with van der Waals surface area (Å²) in [4.78, 5) is 0. The van der Waals surface area contributed by atoms with Crippen molar-refractivity contribution in [2.24, 2.45) is 0 Å². The predicted molar refractivity (Wildman–Crippen MR) is 82.4 cm³/mol. The first kappa shape index (κ1) is 13.4. The van der Waals surface area contributed by atoms with Crippen molar-refractivity contribution in [1.29, 1.82) is 0 Å². The van der Waals surface area contributed by atoms with Crippen LogP contribution in [0.5, 0.6) is 0 Å². The molecule has 3 rings (SSSR count). The van der Waals surface area contributed by atoms with Crippen LogP contribution in [0, 0.1) is 5.66 Å². The highest BCUT2D eigenvalue weighted by molar-refractivity contribution is 7.62. The van der Waals surface area contributed by atoms with E-state index in [1.165, 1.54) is 38.5 Å². The van der Waals surface area contributed by atoms with Gasteiger partial charge in [0, 0.05) is 5.66 Å². The zero-order valence-corrected chi connectivity index (χ0v) is 12.9. The second-order valence-corrected chi connectivity index (χ2v) is 9.67. The van der Waals surface area contributed by atoms with Gasteiger partial charge in [0.25, 0.3) is 0 Å². The van der Waals surface area contributed by atoms with E-state index in [9.17, 15) is 0 Å². The third-order valence-corrected chi connectivity index (χ3v) is 9.27. The molecule has 0 bridgehead atoms. The van der Waals surface area contributed by atoms with Gasteiger partial charge in [0.1, 0.15) is 0 Å². The van der Waals surface area contributed by atoms with E-state index in [0.717, 1.165) is 11.3 Å². The highest BCUT2D eigenvalue weighted by Crippen LogP contribution is 2.66. The Hall–Kier alpha value is 0.430. The van der Waals surface area contributed by atoms with E-state index in [2.05, 4.69) is 5.66 Å². The third kappa shape index (κ3) is 3.12. The Morgan fingerprint density at radius 3 is 1.44 bits per heavy atom. The molecule has 0 saturated heterocycles. The molecule has 0 spiro atoms. The Morgan fingerprint density at radius 2 is 1.00 bits per heavy atom. The van der Waals surface area contributed by atoms with E-state index in [-0.39, 0.29) is 0 Å². The maximum absolute atomic E-state index is 2.09. The van der Waals surface area contributed by atoms with E-state index in [4.69, 9.17) is 0 Å². The van der Waals surface area contributed by atoms with E-state index >= 15 is 0 Å². The van der Waals surface area contributed by atoms with Crippen LogP contribution in [0.1, 0.15) is 89.9 Å². The second kappa shape index (κ2) is 6.74. The van der Waals surface area contributed by atoms with Crippen LogP contribution in [0.3, 0.4) is 0 Å². The van der Waals surface area contributed by atoms with E-state index in [0.29, 0.717) is 7.92 Å². The van der Waals surface area contributed by atoms with Gasteiger partial charge in [0.15, 0.2) is 0 Å². The first-order valence-corrected chi connectivity index (χ1v) is 10.1. The predicted octanol–water partition coefficient (Wildman–Crippen LogP) is 6.24. The largest absolute Gasteiger partial charge is 0.0930 e. The highest BCUT2D eigenvalue weighted by atomic mass is 31.1. The molecule has 0 aromatic rings. The lowest BCUT2D eigenvalue weighted by molar-refractivity contribution is 0.484. The van der Waals surface area contributed by atoms with E-state index in [1.54, 1.807) is 51.4 Å². The smallest absolute Gasteiger partial charge is 0.000631 e. The van der Waals surface area contributed by atoms with Crippen molar-refractivity contribution >= 4 is 7.92 Å². The van der Waals surface area contributed by atoms with Gasteiger partial charge < -0.3 is 0 Å². The van der Waals surface area contributed by atoms with E-state index < -0.39 is 0 Å². The molecule has 103 valence electrons. The fraction of sp³-hybridized carbons (Fsp3) is 0.941. The van der Waals surface area contributed by atoms with Crippen molar-refractivity contribution in [1.82, 2.24) is 0 Å². The van der Waals surface area contributed by atoms with Gasteiger partial charge >= 0.3 is 0 Å². The Balaban J connectivity index is 1.68. The zero-order valence-electron chi connectivity index (χ0n) is 12.0. The van der Waals surface area contributed by atoms with Crippen molar-refractivity contribution in [3.8, 4) is 0 Å². The molecule has 0 amide bonds. The Labute approximate surface area is 115 Å². The molecule has 1 heteroatoms. The summed E-state index contributed by atoms with van der Waals surface area (Å²) >= 11 is 0. The lowest BCUT2D eigenvalue weighted by Crippen LogP contribution is -2.22. The van der Waals surface area contributed by atoms with E-state index in [1.807, 2.05) is 0 Å². The zero-order chi connectivity index (χ0) is 12.2. The maximum atomic E-state index is 2.09. The standard InChI is InChI=1S/C17H30P/c1-3-9-15(10-4-1)18(17-13-7-8-14-17)16-11-5-2-6-12-16/h15-16H,1-14H2. The fourth-order valence-electron chi connectivity index (χ4n) is 4.57. The summed E-state index contributed by atoms with van der Waals surface area (Å²) in [7, 11) is 0.319. The van der Waals surface area contributed by atoms with Gasteiger partial charge in [-0.3, -0.25) is 0 Å². The molecule has 1 radical (unpaired) electrons. The SMILES string of the molecule is C1CCC(P([C]2CCCC2)C2CCCCC2)CC1. The minimum Gasteiger partial charge on any atom is -0.0930 e. The molecular weight excluding hydrogens is 235 g/mol. The minimum absolute atomic E-state index is 0.319. The molecule has 0 nitrogen and oxygen atoms in total. The number of rotatable bonds is 3. The molecule has 3 fully saturated rings. The lowest BCUT2D eigenvalue weighted by Gasteiger charge is -2.41. The first-order valence-electron chi connectivity index (χ1n) is 8.58. The Morgan fingerprint density at radius 1 is 0.556 bits per heavy atom. The normalized spacial score (nSPS) is 29.2. The minimum atomic E-state index is 0.319. The molecule has 0 N–H and O–H groups in total. The van der Waals surface area contributed by atoms with Gasteiger partial charge in [0.05, 0.1) is 0 Å². The molecule has 0 heterocycles. The number of hydrogen-bond acceptors (Lipinski definition) is 0. The van der Waals surface area contributed by atoms with Crippen LogP contribution in [-0.4, -0.2) is 11.3 Å². The molecule has 3 saturated carbocycles. The topological polar surface area (TPSA) is 0 Å². The monoisotopic (exact) mass is 265 g/mol. The van der Waals surface area contributed by atoms with Crippen LogP contribution in [0.4, 0.5) is 0 Å². The van der Waals surface area contributed by atoms with Gasteiger partial charge in [-0.15, -0.1) is 0 Å². The van der Waals surface area contributed by atoms with Gasteiger partial charge in [-0.25, -0.2) is 0 Å². The van der Waals surface area contributed by atoms with Crippen LogP contribution in [0.2, 0.25) is 0 Å². The van der Waals surface area contributed by atoms with Gasteiger partial charge in [0.2, 0.25) is 0 Å². The molecule has 18 heavy (non-hydrogen) atoms. The summed E-state index contributed by atoms with van der Waals surface area (Å²) < 4.78 is 0. The van der Waals surface area contributed by atoms with Crippen molar-refractivity contribution in [2.75, 3.05) is 0 Å². The van der Waals surface area contributed by atoms with Crippen molar-refractivity contribution in [3.63, 3.8) is 0 Å². The molecule has 0 atom stereocenters. The molecular formula is C17H30P. The summed E-state index contributed by atoms with van der Waals surface area (Å²) in [5, 5.41) is 0. The van der Waals surface area contributed by atoms with Gasteiger partial charge in [-0.1, -0.05) is 59.3 Å². The molecule has 0 unspecified atom stereocenters. The van der Waals surface area contributed by atoms with Crippen molar-refractivity contribution in [2.45, 2.75) is 101 Å². The second-order valence-electron chi connectivity index (χ2n) is 6.76. The Bertz CT molecular complexity index is 214. The summed E-state index contributed by atoms with van der Waals surface area (Å²) in [6, 6.07) is 0. The van der Waals surface area contributed by atoms with Crippen LogP contribution < -0.4 is 0 Å². The summed E-state index contributed by atoms with van der Waals surface area (Å²) in [5.41, 5.74) is 4.40. The van der Waals surface area contributed by atoms with Gasteiger partial charge in [-0.2, -0.15) is 0 Å². The molecule has 0 aromatic heterocycles. The average Bonchev–Trinajstić information content (AvgIpc) is 2.95. The molecule has 3 aliphatic carbocycles. The third-order valence-electron chi connectivity index (χ3n) is 5.48. The Kier molecular flexibility index (Phi) is 5.02. The van der Waals surface area contributed by atoms with Gasteiger partial charge in [-0.05, 0) is 49.8 Å². The average molecular weight is 265 g/mol. The molecule has 0 aliphatic heterocycles. The lowest BCUT2D eigenvalue weighted by atomic mass is 9.99. The molecule has 0 aromatic carbocycles. The number of hydrogen-bond donors (Lipinski definition) is 0. The summed E-state index contributed by atoms with van der Waals surface area (Å²) in [5.74, 6) is 0. The van der Waals surface area contributed by atoms with Crippen molar-refractivity contribution < 1.29 is 0 Å². The van der Waals surface area contributed by atoms with Crippen LogP contribution >= 0.6 is 7.92 Å². The highest BCUT2D eigenvalue weighted by Gasteiger charge is 2.37. The van der Waals surface area contributed by atoms with Crippen LogP contribution in [0.25, 0.3) is 0 Å². The fourth-order valence-corrected chi connectivity index (χ4v) is 8.88. The quantitative estimate of drug-likeness (QED) is 0.530. The van der Waals surface area contributed by atoms with Crippen LogP contribution in [0.15, 0.2) is 0 Å². The summed E-state index contributed by atoms with van der Waals surface area (Å²) in [6.45, 7) is 0. The first-order chi connectivity index (χ1) is 8.95. The van der Waals surface area contributed by atoms with Crippen molar-refractivity contribution in [3.05, 3.63) is 5.66 Å². The maximum Gasteiger partial charge on any atom is 0.000631 e.